The molecule has 2 rings (SSSR count). The molecule has 2 N–H and O–H groups in total. The van der Waals surface area contributed by atoms with Crippen LogP contribution in [0.1, 0.15) is 0 Å². The third-order valence-electron chi connectivity index (χ3n) is 2.39. The molecule has 0 bridgehead atoms. The second kappa shape index (κ2) is 4.18. The molecule has 0 aromatic heterocycles. The topological polar surface area (TPSA) is 47.4 Å². The van der Waals surface area contributed by atoms with E-state index in [1.54, 1.807) is 0 Å². The minimum Gasteiger partial charge on any atom is -0.374 e. The standard InChI is InChI=1S/C8H16N3O/c1-2-11-7(5-9-1)8-6-10-3-4-12-8/h7-10H,1-6H2. The summed E-state index contributed by atoms with van der Waals surface area (Å²) in [6, 6.07) is 0.367. The van der Waals surface area contributed by atoms with Crippen molar-refractivity contribution >= 4 is 0 Å². The Labute approximate surface area is 73.0 Å². The van der Waals surface area contributed by atoms with Gasteiger partial charge in [0.2, 0.25) is 0 Å². The fourth-order valence-electron chi connectivity index (χ4n) is 1.71. The number of morpholine rings is 1. The summed E-state index contributed by atoms with van der Waals surface area (Å²) in [5.74, 6) is 0. The zero-order valence-electron chi connectivity index (χ0n) is 7.25. The maximum absolute atomic E-state index is 5.62. The molecule has 2 aliphatic rings. The normalized spacial score (nSPS) is 38.0. The van der Waals surface area contributed by atoms with Gasteiger partial charge in [0, 0.05) is 32.7 Å². The molecule has 2 fully saturated rings. The van der Waals surface area contributed by atoms with Crippen molar-refractivity contribution in [1.82, 2.24) is 16.0 Å². The Morgan fingerprint density at radius 2 is 2.08 bits per heavy atom. The van der Waals surface area contributed by atoms with E-state index in [1.807, 2.05) is 0 Å². The van der Waals surface area contributed by atoms with Crippen molar-refractivity contribution in [2.24, 2.45) is 0 Å². The van der Waals surface area contributed by atoms with Crippen LogP contribution in [0.25, 0.3) is 0 Å². The van der Waals surface area contributed by atoms with Gasteiger partial charge in [-0.25, -0.2) is 5.32 Å². The largest absolute Gasteiger partial charge is 0.374 e. The van der Waals surface area contributed by atoms with E-state index in [9.17, 15) is 0 Å². The Morgan fingerprint density at radius 3 is 2.75 bits per heavy atom. The maximum atomic E-state index is 5.62. The Hall–Kier alpha value is -0.160. The van der Waals surface area contributed by atoms with Crippen LogP contribution in [0.5, 0.6) is 0 Å². The van der Waals surface area contributed by atoms with Crippen molar-refractivity contribution in [3.63, 3.8) is 0 Å². The molecular weight excluding hydrogens is 154 g/mol. The average molecular weight is 170 g/mol. The zero-order chi connectivity index (χ0) is 8.23. The molecule has 12 heavy (non-hydrogen) atoms. The number of hydrogen-bond donors (Lipinski definition) is 2. The van der Waals surface area contributed by atoms with Crippen LogP contribution < -0.4 is 16.0 Å². The summed E-state index contributed by atoms with van der Waals surface area (Å²) in [5, 5.41) is 11.2. The third kappa shape index (κ3) is 1.95. The minimum absolute atomic E-state index is 0.298. The lowest BCUT2D eigenvalue weighted by Gasteiger charge is -2.33. The van der Waals surface area contributed by atoms with Crippen LogP contribution in [0, 0.1) is 0 Å². The van der Waals surface area contributed by atoms with E-state index in [4.69, 9.17) is 4.74 Å². The molecule has 2 aliphatic heterocycles. The van der Waals surface area contributed by atoms with E-state index in [2.05, 4.69) is 16.0 Å². The highest BCUT2D eigenvalue weighted by molar-refractivity contribution is 4.85. The van der Waals surface area contributed by atoms with E-state index in [0.29, 0.717) is 12.1 Å². The fourth-order valence-corrected chi connectivity index (χ4v) is 1.71. The van der Waals surface area contributed by atoms with E-state index >= 15 is 0 Å². The molecule has 4 heteroatoms. The summed E-state index contributed by atoms with van der Waals surface area (Å²) < 4.78 is 5.62. The van der Waals surface area contributed by atoms with E-state index in [1.165, 1.54) is 0 Å². The Morgan fingerprint density at radius 1 is 1.17 bits per heavy atom. The molecule has 0 amide bonds. The zero-order valence-corrected chi connectivity index (χ0v) is 7.25. The Bertz CT molecular complexity index is 114. The van der Waals surface area contributed by atoms with Crippen molar-refractivity contribution in [3.8, 4) is 0 Å². The molecule has 0 aromatic carbocycles. The molecule has 4 nitrogen and oxygen atoms in total. The van der Waals surface area contributed by atoms with E-state index < -0.39 is 0 Å². The maximum Gasteiger partial charge on any atom is 0.0881 e. The van der Waals surface area contributed by atoms with Crippen LogP contribution >= 0.6 is 0 Å². The van der Waals surface area contributed by atoms with Crippen molar-refractivity contribution in [2.45, 2.75) is 12.1 Å². The number of hydrogen-bond acceptors (Lipinski definition) is 3. The van der Waals surface area contributed by atoms with Crippen LogP contribution in [0.4, 0.5) is 0 Å². The molecule has 0 saturated carbocycles. The number of rotatable bonds is 1. The van der Waals surface area contributed by atoms with Crippen LogP contribution in [-0.4, -0.2) is 51.5 Å². The van der Waals surface area contributed by atoms with Gasteiger partial charge in [0.1, 0.15) is 0 Å². The van der Waals surface area contributed by atoms with Gasteiger partial charge in [0.25, 0.3) is 0 Å². The first-order valence-corrected chi connectivity index (χ1v) is 4.66. The lowest BCUT2D eigenvalue weighted by molar-refractivity contribution is 0.000759. The van der Waals surface area contributed by atoms with E-state index in [0.717, 1.165) is 39.3 Å². The molecule has 69 valence electrons. The fraction of sp³-hybridized carbons (Fsp3) is 1.00. The summed E-state index contributed by atoms with van der Waals surface area (Å²) in [6.45, 7) is 5.71. The number of ether oxygens (including phenoxy) is 1. The smallest absolute Gasteiger partial charge is 0.0881 e. The van der Waals surface area contributed by atoms with Gasteiger partial charge in [0.15, 0.2) is 0 Å². The van der Waals surface area contributed by atoms with Gasteiger partial charge in [-0.05, 0) is 0 Å². The van der Waals surface area contributed by atoms with Gasteiger partial charge in [-0.1, -0.05) is 0 Å². The second-order valence-electron chi connectivity index (χ2n) is 3.29. The summed E-state index contributed by atoms with van der Waals surface area (Å²) in [7, 11) is 0. The molecule has 2 atom stereocenters. The van der Waals surface area contributed by atoms with Gasteiger partial charge in [-0.2, -0.15) is 0 Å². The Balaban J connectivity index is 1.80. The molecule has 2 unspecified atom stereocenters. The third-order valence-corrected chi connectivity index (χ3v) is 2.39. The molecule has 1 radical (unpaired) electrons. The molecule has 0 spiro atoms. The van der Waals surface area contributed by atoms with Crippen molar-refractivity contribution in [2.75, 3.05) is 39.3 Å². The van der Waals surface area contributed by atoms with Gasteiger partial charge in [0.05, 0.1) is 18.8 Å². The van der Waals surface area contributed by atoms with Crippen molar-refractivity contribution in [1.29, 1.82) is 0 Å². The molecule has 0 aromatic rings. The summed E-state index contributed by atoms with van der Waals surface area (Å²) in [4.78, 5) is 0. The quantitative estimate of drug-likeness (QED) is 0.506. The summed E-state index contributed by atoms with van der Waals surface area (Å²) in [5.41, 5.74) is 0. The van der Waals surface area contributed by atoms with Gasteiger partial charge in [-0.15, -0.1) is 0 Å². The monoisotopic (exact) mass is 170 g/mol. The van der Waals surface area contributed by atoms with Gasteiger partial charge >= 0.3 is 0 Å². The van der Waals surface area contributed by atoms with Gasteiger partial charge in [-0.3, -0.25) is 0 Å². The highest BCUT2D eigenvalue weighted by Crippen LogP contribution is 2.04. The lowest BCUT2D eigenvalue weighted by atomic mass is 10.1. The van der Waals surface area contributed by atoms with E-state index in [-0.39, 0.29) is 0 Å². The predicted molar refractivity (Wildman–Crippen MR) is 46.3 cm³/mol. The molecule has 0 aliphatic carbocycles. The lowest BCUT2D eigenvalue weighted by Crippen LogP contribution is -2.56. The second-order valence-corrected chi connectivity index (χ2v) is 3.29. The summed E-state index contributed by atoms with van der Waals surface area (Å²) >= 11 is 0. The van der Waals surface area contributed by atoms with Crippen LogP contribution in [0.2, 0.25) is 0 Å². The van der Waals surface area contributed by atoms with Crippen LogP contribution in [-0.2, 0) is 4.74 Å². The highest BCUT2D eigenvalue weighted by atomic mass is 16.5. The van der Waals surface area contributed by atoms with Crippen molar-refractivity contribution in [3.05, 3.63) is 0 Å². The average Bonchev–Trinajstić information content (AvgIpc) is 2.21. The number of nitrogens with zero attached hydrogens (tertiary/aromatic N) is 1. The molecule has 2 heterocycles. The molecule has 2 saturated heterocycles. The van der Waals surface area contributed by atoms with Crippen LogP contribution in [0.15, 0.2) is 0 Å². The van der Waals surface area contributed by atoms with Gasteiger partial charge < -0.3 is 15.4 Å². The minimum atomic E-state index is 0.298. The first kappa shape index (κ1) is 8.44. The first-order valence-electron chi connectivity index (χ1n) is 4.66. The number of nitrogens with one attached hydrogen (secondary N) is 2. The predicted octanol–water partition coefficient (Wildman–Crippen LogP) is -1.45. The summed E-state index contributed by atoms with van der Waals surface area (Å²) in [6.07, 6.45) is 0.298. The highest BCUT2D eigenvalue weighted by Gasteiger charge is 2.26. The van der Waals surface area contributed by atoms with Crippen molar-refractivity contribution < 1.29 is 4.74 Å². The first-order chi connectivity index (χ1) is 5.97. The Kier molecular flexibility index (Phi) is 2.94. The number of piperazine rings is 1. The van der Waals surface area contributed by atoms with Crippen LogP contribution in [0.3, 0.4) is 0 Å². The SMILES string of the molecule is C1CNCC(C2CNCCO2)[N]1. The molecular formula is C8H16N3O.